The standard InChI is InChI=1S/C27H25F5N4O/c28-23-13-20-18(5-8-34-26(20)37)11-21(23)22-12-19(24(29)35-25(22)33)17-3-1-15(2-4-17)16-6-9-36(10-7-16)14-27(30,31)32/h1-4,11-13,16H,5-10,14H2,(H2,33,35)(H,34,37). The minimum atomic E-state index is -4.21. The fourth-order valence-electron chi connectivity index (χ4n) is 5.18. The molecule has 194 valence electrons. The molecular formula is C27H25F5N4O. The molecule has 1 amide bonds. The van der Waals surface area contributed by atoms with Crippen LogP contribution in [0.5, 0.6) is 0 Å². The Balaban J connectivity index is 1.39. The third-order valence-electron chi connectivity index (χ3n) is 7.10. The summed E-state index contributed by atoms with van der Waals surface area (Å²) in [5.41, 5.74) is 8.91. The monoisotopic (exact) mass is 516 g/mol. The van der Waals surface area contributed by atoms with Gasteiger partial charge in [0.25, 0.3) is 5.91 Å². The van der Waals surface area contributed by atoms with Gasteiger partial charge in [0.1, 0.15) is 11.6 Å². The fraction of sp³-hybridized carbons (Fsp3) is 0.333. The van der Waals surface area contributed by atoms with Gasteiger partial charge in [0.05, 0.1) is 6.54 Å². The largest absolute Gasteiger partial charge is 0.401 e. The van der Waals surface area contributed by atoms with Crippen molar-refractivity contribution < 1.29 is 26.7 Å². The summed E-state index contributed by atoms with van der Waals surface area (Å²) in [4.78, 5) is 17.3. The summed E-state index contributed by atoms with van der Waals surface area (Å²) in [7, 11) is 0. The molecule has 1 saturated heterocycles. The van der Waals surface area contributed by atoms with Crippen molar-refractivity contribution in [2.45, 2.75) is 31.4 Å². The quantitative estimate of drug-likeness (QED) is 0.365. The minimum absolute atomic E-state index is 0.116. The first-order valence-electron chi connectivity index (χ1n) is 12.1. The minimum Gasteiger partial charge on any atom is -0.383 e. The number of hydrogen-bond donors (Lipinski definition) is 2. The number of fused-ring (bicyclic) bond motifs is 1. The van der Waals surface area contributed by atoms with Gasteiger partial charge in [0.2, 0.25) is 5.95 Å². The van der Waals surface area contributed by atoms with E-state index in [1.165, 1.54) is 11.0 Å². The van der Waals surface area contributed by atoms with E-state index < -0.39 is 24.5 Å². The van der Waals surface area contributed by atoms with Gasteiger partial charge in [0.15, 0.2) is 0 Å². The van der Waals surface area contributed by atoms with Crippen LogP contribution < -0.4 is 11.1 Å². The number of piperidine rings is 1. The second-order valence-corrected chi connectivity index (χ2v) is 9.54. The molecule has 1 aromatic heterocycles. The molecule has 0 radical (unpaired) electrons. The van der Waals surface area contributed by atoms with Crippen LogP contribution in [0, 0.1) is 11.8 Å². The second kappa shape index (κ2) is 9.74. The number of halogens is 5. The highest BCUT2D eigenvalue weighted by atomic mass is 19.4. The molecule has 0 unspecified atom stereocenters. The maximum absolute atomic E-state index is 15.0. The van der Waals surface area contributed by atoms with Crippen molar-refractivity contribution in [3.05, 3.63) is 70.9 Å². The highest BCUT2D eigenvalue weighted by Crippen LogP contribution is 2.36. The number of amides is 1. The van der Waals surface area contributed by atoms with Crippen LogP contribution in [0.2, 0.25) is 0 Å². The van der Waals surface area contributed by atoms with Gasteiger partial charge >= 0.3 is 6.18 Å². The van der Waals surface area contributed by atoms with Gasteiger partial charge in [-0.05, 0) is 73.2 Å². The van der Waals surface area contributed by atoms with Crippen molar-refractivity contribution in [3.63, 3.8) is 0 Å². The Kier molecular flexibility index (Phi) is 6.61. The van der Waals surface area contributed by atoms with Gasteiger partial charge in [-0.25, -0.2) is 9.37 Å². The predicted octanol–water partition coefficient (Wildman–Crippen LogP) is 5.30. The van der Waals surface area contributed by atoms with Crippen molar-refractivity contribution in [3.8, 4) is 22.3 Å². The molecule has 0 saturated carbocycles. The number of pyridine rings is 1. The summed E-state index contributed by atoms with van der Waals surface area (Å²) in [6.07, 6.45) is -2.46. The number of aromatic nitrogens is 1. The zero-order valence-corrected chi connectivity index (χ0v) is 19.8. The molecule has 3 N–H and O–H groups in total. The molecule has 2 aliphatic rings. The summed E-state index contributed by atoms with van der Waals surface area (Å²) in [6.45, 7) is 0.259. The Bertz CT molecular complexity index is 1330. The first-order valence-corrected chi connectivity index (χ1v) is 12.1. The summed E-state index contributed by atoms with van der Waals surface area (Å²) >= 11 is 0. The molecule has 0 atom stereocenters. The van der Waals surface area contributed by atoms with E-state index in [4.69, 9.17) is 5.73 Å². The average Bonchev–Trinajstić information content (AvgIpc) is 2.84. The molecule has 0 spiro atoms. The SMILES string of the molecule is Nc1nc(F)c(-c2ccc(C3CCN(CC(F)(F)F)CC3)cc2)cc1-c1cc2c(cc1F)C(=O)NCC2. The molecule has 0 bridgehead atoms. The number of carbonyl (C=O) groups is 1. The van der Waals surface area contributed by atoms with E-state index in [0.29, 0.717) is 50.0 Å². The van der Waals surface area contributed by atoms with Crippen molar-refractivity contribution in [2.75, 3.05) is 31.9 Å². The lowest BCUT2D eigenvalue weighted by molar-refractivity contribution is -0.147. The number of nitrogens with two attached hydrogens (primary N) is 1. The Morgan fingerprint density at radius 2 is 1.68 bits per heavy atom. The normalized spacial score (nSPS) is 16.9. The highest BCUT2D eigenvalue weighted by molar-refractivity contribution is 5.97. The first-order chi connectivity index (χ1) is 17.6. The van der Waals surface area contributed by atoms with Crippen LogP contribution in [0.3, 0.4) is 0 Å². The maximum atomic E-state index is 15.0. The van der Waals surface area contributed by atoms with Crippen LogP contribution in [-0.4, -0.2) is 48.1 Å². The number of anilines is 1. The van der Waals surface area contributed by atoms with E-state index in [2.05, 4.69) is 10.3 Å². The van der Waals surface area contributed by atoms with E-state index in [0.717, 1.165) is 11.6 Å². The lowest BCUT2D eigenvalue weighted by atomic mass is 9.88. The molecule has 5 nitrogen and oxygen atoms in total. The third-order valence-corrected chi connectivity index (χ3v) is 7.10. The van der Waals surface area contributed by atoms with Gasteiger partial charge in [-0.2, -0.15) is 17.6 Å². The Morgan fingerprint density at radius 1 is 0.973 bits per heavy atom. The van der Waals surface area contributed by atoms with Gasteiger partial charge in [-0.3, -0.25) is 9.69 Å². The molecule has 3 aromatic rings. The van der Waals surface area contributed by atoms with Crippen molar-refractivity contribution in [1.82, 2.24) is 15.2 Å². The van der Waals surface area contributed by atoms with Gasteiger partial charge < -0.3 is 11.1 Å². The molecular weight excluding hydrogens is 491 g/mol. The van der Waals surface area contributed by atoms with Crippen molar-refractivity contribution >= 4 is 11.7 Å². The summed E-state index contributed by atoms with van der Waals surface area (Å²) in [6, 6.07) is 11.3. The van der Waals surface area contributed by atoms with Crippen LogP contribution in [0.25, 0.3) is 22.3 Å². The average molecular weight is 517 g/mol. The number of nitrogen functional groups attached to an aromatic ring is 1. The summed E-state index contributed by atoms with van der Waals surface area (Å²) in [5, 5.41) is 2.67. The number of carbonyl (C=O) groups excluding carboxylic acids is 1. The lowest BCUT2D eigenvalue weighted by Crippen LogP contribution is -2.39. The van der Waals surface area contributed by atoms with E-state index >= 15 is 4.39 Å². The number of benzene rings is 2. The second-order valence-electron chi connectivity index (χ2n) is 9.54. The van der Waals surface area contributed by atoms with Crippen LogP contribution in [0.15, 0.2) is 42.5 Å². The first kappa shape index (κ1) is 25.1. The number of hydrogen-bond acceptors (Lipinski definition) is 4. The number of nitrogens with one attached hydrogen (secondary N) is 1. The topological polar surface area (TPSA) is 71.2 Å². The molecule has 37 heavy (non-hydrogen) atoms. The van der Waals surface area contributed by atoms with E-state index in [9.17, 15) is 22.4 Å². The number of likely N-dealkylation sites (tertiary alicyclic amines) is 1. The maximum Gasteiger partial charge on any atom is 0.401 e. The summed E-state index contributed by atoms with van der Waals surface area (Å²) < 4.78 is 67.8. The van der Waals surface area contributed by atoms with E-state index in [1.807, 2.05) is 12.1 Å². The zero-order chi connectivity index (χ0) is 26.3. The molecule has 2 aromatic carbocycles. The predicted molar refractivity (Wildman–Crippen MR) is 130 cm³/mol. The summed E-state index contributed by atoms with van der Waals surface area (Å²) in [5.74, 6) is -1.85. The number of nitrogens with zero attached hydrogens (tertiary/aromatic N) is 2. The van der Waals surface area contributed by atoms with Crippen LogP contribution in [0.4, 0.5) is 27.8 Å². The third kappa shape index (κ3) is 5.29. The number of alkyl halides is 3. The Morgan fingerprint density at radius 3 is 2.35 bits per heavy atom. The van der Waals surface area contributed by atoms with Crippen LogP contribution in [-0.2, 0) is 6.42 Å². The van der Waals surface area contributed by atoms with E-state index in [1.54, 1.807) is 18.2 Å². The number of rotatable bonds is 4. The Hall–Kier alpha value is -3.53. The molecule has 10 heteroatoms. The molecule has 5 rings (SSSR count). The van der Waals surface area contributed by atoms with Gasteiger partial charge in [-0.15, -0.1) is 0 Å². The van der Waals surface area contributed by atoms with Crippen molar-refractivity contribution in [1.29, 1.82) is 0 Å². The molecule has 3 heterocycles. The van der Waals surface area contributed by atoms with Crippen molar-refractivity contribution in [2.24, 2.45) is 0 Å². The van der Waals surface area contributed by atoms with E-state index in [-0.39, 0.29) is 39.9 Å². The molecule has 0 aliphatic carbocycles. The molecule has 1 fully saturated rings. The smallest absolute Gasteiger partial charge is 0.383 e. The highest BCUT2D eigenvalue weighted by Gasteiger charge is 2.32. The zero-order valence-electron chi connectivity index (χ0n) is 19.8. The Labute approximate surface area is 210 Å². The molecule has 2 aliphatic heterocycles. The van der Waals surface area contributed by atoms with Crippen LogP contribution >= 0.6 is 0 Å². The van der Waals surface area contributed by atoms with Gasteiger partial charge in [-0.1, -0.05) is 24.3 Å². The van der Waals surface area contributed by atoms with Gasteiger partial charge in [0, 0.05) is 28.8 Å². The lowest BCUT2D eigenvalue weighted by Gasteiger charge is -2.32. The van der Waals surface area contributed by atoms with Crippen LogP contribution in [0.1, 0.15) is 40.2 Å². The fourth-order valence-corrected chi connectivity index (χ4v) is 5.18.